The summed E-state index contributed by atoms with van der Waals surface area (Å²) in [5.74, 6) is 3.58. The number of hydrogen-bond acceptors (Lipinski definition) is 31. The summed E-state index contributed by atoms with van der Waals surface area (Å²) < 4.78 is 22.2. The lowest BCUT2D eigenvalue weighted by Gasteiger charge is -2.19. The average molecular weight is 1900 g/mol. The highest BCUT2D eigenvalue weighted by molar-refractivity contribution is 6.07. The molecular formula is C105H97N27O10. The zero-order valence-electron chi connectivity index (χ0n) is 76.5. The van der Waals surface area contributed by atoms with Crippen molar-refractivity contribution in [2.75, 3.05) is 55.8 Å². The molecule has 0 aliphatic rings. The molecule has 712 valence electrons. The molecule has 0 fully saturated rings. The number of aryl methyl sites for hydroxylation is 6. The molecule has 6 N–H and O–H groups in total. The SMILES string of the molecule is C.C.Cc1cccc(C(=O)Nc2cc(N(C)c3cncnc3)ccn2)c1.Cc1cccc(C(=O)Nc2cccc(Oc3cccnc3)n2)c1.Cc1cccc(C(=O)Nc2cncc(N(C)c3cncnc3)c2)c1.Cc1cccc(C(=O)Nc2cncc(Oc3cccnc3)n2)c1.Cc1cccc(C(=O)Nc2cncc(Oc3cncnc3)n2)c1.Cc1ccnc(C(=O)Nc2cncc(Oc3cncnc3)c2)c1. The van der Waals surface area contributed by atoms with Gasteiger partial charge < -0.3 is 60.6 Å². The summed E-state index contributed by atoms with van der Waals surface area (Å²) in [6.45, 7) is 11.6. The summed E-state index contributed by atoms with van der Waals surface area (Å²) in [7, 11) is 3.79. The first-order valence-corrected chi connectivity index (χ1v) is 42.7. The number of aromatic nitrogens is 19. The molecule has 0 saturated carbocycles. The van der Waals surface area contributed by atoms with Crippen LogP contribution in [0.15, 0.2) is 362 Å². The molecule has 0 bridgehead atoms. The van der Waals surface area contributed by atoms with E-state index in [1.807, 2.05) is 162 Å². The molecule has 0 saturated heterocycles. The van der Waals surface area contributed by atoms with Crippen LogP contribution in [0.5, 0.6) is 46.4 Å². The molecule has 0 radical (unpaired) electrons. The summed E-state index contributed by atoms with van der Waals surface area (Å²) in [5, 5.41) is 16.6. The quantitative estimate of drug-likeness (QED) is 0.0327. The number of pyridine rings is 7. The van der Waals surface area contributed by atoms with Crippen molar-refractivity contribution in [3.63, 3.8) is 0 Å². The van der Waals surface area contributed by atoms with Gasteiger partial charge in [-0.15, -0.1) is 0 Å². The van der Waals surface area contributed by atoms with E-state index in [-0.39, 0.29) is 62.1 Å². The maximum Gasteiger partial charge on any atom is 0.274 e. The fourth-order valence-electron chi connectivity index (χ4n) is 12.3. The van der Waals surface area contributed by atoms with E-state index >= 15 is 0 Å². The Morgan fingerprint density at radius 2 is 0.592 bits per heavy atom. The van der Waals surface area contributed by atoms with Crippen LogP contribution < -0.4 is 60.6 Å². The van der Waals surface area contributed by atoms with Crippen LogP contribution in [0.1, 0.15) is 111 Å². The Balaban J connectivity index is 0.000000162. The highest BCUT2D eigenvalue weighted by Crippen LogP contribution is 2.29. The molecule has 142 heavy (non-hydrogen) atoms. The Morgan fingerprint density at radius 3 is 1.05 bits per heavy atom. The van der Waals surface area contributed by atoms with E-state index in [1.54, 1.807) is 177 Å². The fourth-order valence-corrected chi connectivity index (χ4v) is 12.3. The second-order valence-corrected chi connectivity index (χ2v) is 30.1. The Kier molecular flexibility index (Phi) is 38.2. The van der Waals surface area contributed by atoms with E-state index in [0.29, 0.717) is 103 Å². The Bertz CT molecular complexity index is 6480. The fraction of sp³-hybridized carbons (Fsp3) is 0.0952. The van der Waals surface area contributed by atoms with Crippen LogP contribution in [-0.2, 0) is 0 Å². The minimum Gasteiger partial charge on any atom is -0.452 e. The van der Waals surface area contributed by atoms with Crippen LogP contribution in [0.25, 0.3) is 0 Å². The van der Waals surface area contributed by atoms with E-state index < -0.39 is 0 Å². The normalized spacial score (nSPS) is 10.0. The second-order valence-electron chi connectivity index (χ2n) is 30.1. The standard InChI is InChI=1S/2C18H17N5O.C18H15N3O2.C17H14N4O2.2C16H13N5O2.2CH4/c1-13-4-3-5-14(6-13)18(24)22-15-7-16(9-19-8-15)23(2)17-10-20-12-21-11-17;1-13-4-3-5-14(8-13)18(24)22-17-9-15(6-7-21-17)23(2)16-10-19-12-20-11-16;1-13-5-2-6-14(11-13)18(22)21-16-8-3-9-17(20-16)23-15-7-4-10-19-12-15;1-12-4-2-5-13(8-12)17(22)21-15-10-19-11-16(20-15)23-14-6-3-7-18-9-14;1-11-2-3-20-15(4-11)16(22)21-12-5-13(7-17-6-12)23-14-8-18-10-19-9-14;1-11-3-2-4-12(5-11)16(22)21-14-8-17-9-15(20-14)23-13-6-18-10-19-7-13;;/h3-12H,1-2H3,(H,22,24);3-12H,1-2H3,(H,21,22,24);2-12H,1H3,(H,20,21,22);2-11H,1H3,(H,20,21,22);2-10H,1H3,(H,21,22);2-10H,1H3,(H,20,21,22);2*1H4. The van der Waals surface area contributed by atoms with Gasteiger partial charge in [-0.05, 0) is 162 Å². The molecule has 37 nitrogen and oxygen atoms in total. The number of carbonyl (C=O) groups excluding carboxylic acids is 6. The molecule has 0 spiro atoms. The van der Waals surface area contributed by atoms with E-state index in [1.165, 1.54) is 87.3 Å². The van der Waals surface area contributed by atoms with Gasteiger partial charge in [-0.2, -0.15) is 15.0 Å². The maximum absolute atomic E-state index is 12.3. The zero-order chi connectivity index (χ0) is 98.2. The highest BCUT2D eigenvalue weighted by Gasteiger charge is 2.18. The number of benzene rings is 5. The number of anilines is 10. The molecule has 13 heterocycles. The van der Waals surface area contributed by atoms with Crippen LogP contribution in [0, 0.1) is 41.5 Å². The first-order valence-electron chi connectivity index (χ1n) is 42.7. The van der Waals surface area contributed by atoms with E-state index in [2.05, 4.69) is 127 Å². The molecule has 0 unspecified atom stereocenters. The highest BCUT2D eigenvalue weighted by atomic mass is 16.5. The molecular weight excluding hydrogens is 1800 g/mol. The number of carbonyl (C=O) groups is 6. The average Bonchev–Trinajstić information content (AvgIpc) is 0.840. The van der Waals surface area contributed by atoms with Gasteiger partial charge in [-0.25, -0.2) is 44.9 Å². The van der Waals surface area contributed by atoms with Crippen LogP contribution in [0.3, 0.4) is 0 Å². The lowest BCUT2D eigenvalue weighted by atomic mass is 10.1. The van der Waals surface area contributed by atoms with Crippen molar-refractivity contribution in [3.05, 3.63) is 429 Å². The topological polar surface area (TPSA) is 463 Å². The molecule has 18 aromatic rings. The van der Waals surface area contributed by atoms with Crippen molar-refractivity contribution in [2.24, 2.45) is 0 Å². The Morgan fingerprint density at radius 1 is 0.239 bits per heavy atom. The van der Waals surface area contributed by atoms with Gasteiger partial charge in [0.25, 0.3) is 35.4 Å². The molecule has 37 heteroatoms. The summed E-state index contributed by atoms with van der Waals surface area (Å²) in [5.41, 5.74) is 13.9. The smallest absolute Gasteiger partial charge is 0.274 e. The largest absolute Gasteiger partial charge is 0.452 e. The van der Waals surface area contributed by atoms with E-state index in [0.717, 1.165) is 56.1 Å². The number of amides is 6. The van der Waals surface area contributed by atoms with Gasteiger partial charge in [-0.3, -0.25) is 63.7 Å². The van der Waals surface area contributed by atoms with Crippen LogP contribution >= 0.6 is 0 Å². The summed E-state index contributed by atoms with van der Waals surface area (Å²) in [4.78, 5) is 154. The molecule has 13 aromatic heterocycles. The molecule has 5 aromatic carbocycles. The zero-order valence-corrected chi connectivity index (χ0v) is 76.5. The lowest BCUT2D eigenvalue weighted by Crippen LogP contribution is -2.14. The molecule has 0 atom stereocenters. The molecule has 18 rings (SSSR count). The third-order valence-electron chi connectivity index (χ3n) is 19.0. The number of hydrogen-bond donors (Lipinski definition) is 6. The maximum atomic E-state index is 12.3. The minimum absolute atomic E-state index is 0. The van der Waals surface area contributed by atoms with Crippen molar-refractivity contribution < 1.29 is 47.7 Å². The van der Waals surface area contributed by atoms with Crippen molar-refractivity contribution in [1.82, 2.24) is 94.7 Å². The molecule has 6 amide bonds. The van der Waals surface area contributed by atoms with E-state index in [4.69, 9.17) is 18.9 Å². The van der Waals surface area contributed by atoms with Gasteiger partial charge in [0.15, 0.2) is 23.1 Å². The van der Waals surface area contributed by atoms with Gasteiger partial charge in [0, 0.05) is 90.6 Å². The number of rotatable bonds is 24. The van der Waals surface area contributed by atoms with Crippen molar-refractivity contribution in [1.29, 1.82) is 0 Å². The Labute approximate surface area is 818 Å². The van der Waals surface area contributed by atoms with Gasteiger partial charge >= 0.3 is 0 Å². The molecule has 0 aliphatic carbocycles. The lowest BCUT2D eigenvalue weighted by molar-refractivity contribution is 0.101. The van der Waals surface area contributed by atoms with Gasteiger partial charge in [-0.1, -0.05) is 109 Å². The third-order valence-corrected chi connectivity index (χ3v) is 19.0. The van der Waals surface area contributed by atoms with Crippen LogP contribution in [0.2, 0.25) is 0 Å². The van der Waals surface area contributed by atoms with Gasteiger partial charge in [0.05, 0.1) is 140 Å². The number of nitrogens with zero attached hydrogens (tertiary/aromatic N) is 21. The predicted octanol–water partition coefficient (Wildman–Crippen LogP) is 20.0. The summed E-state index contributed by atoms with van der Waals surface area (Å²) in [6, 6.07) is 59.8. The third kappa shape index (κ3) is 32.8. The minimum atomic E-state index is -0.310. The predicted molar refractivity (Wildman–Crippen MR) is 540 cm³/mol. The monoisotopic (exact) mass is 1900 g/mol. The first kappa shape index (κ1) is 103. The van der Waals surface area contributed by atoms with Gasteiger partial charge in [0.1, 0.15) is 59.9 Å². The van der Waals surface area contributed by atoms with Crippen molar-refractivity contribution >= 4 is 92.8 Å². The Hall–Kier alpha value is -19.7. The number of nitrogens with one attached hydrogen (secondary N) is 6. The van der Waals surface area contributed by atoms with Gasteiger partial charge in [0.2, 0.25) is 17.6 Å². The van der Waals surface area contributed by atoms with Crippen molar-refractivity contribution in [3.8, 4) is 46.4 Å². The van der Waals surface area contributed by atoms with E-state index in [9.17, 15) is 28.8 Å². The second kappa shape index (κ2) is 52.8. The summed E-state index contributed by atoms with van der Waals surface area (Å²) in [6.07, 6.45) is 40.7. The molecule has 0 aliphatic heterocycles. The first-order chi connectivity index (χ1) is 68.1. The van der Waals surface area contributed by atoms with Crippen molar-refractivity contribution in [2.45, 2.75) is 56.4 Å². The van der Waals surface area contributed by atoms with Crippen LogP contribution in [-0.4, -0.2) is 144 Å². The number of ether oxygens (including phenoxy) is 4. The summed E-state index contributed by atoms with van der Waals surface area (Å²) >= 11 is 0. The van der Waals surface area contributed by atoms with Crippen LogP contribution in [0.4, 0.5) is 57.4 Å².